The Labute approximate surface area is 114 Å². The third-order valence-electron chi connectivity index (χ3n) is 2.91. The van der Waals surface area contributed by atoms with Crippen LogP contribution in [-0.2, 0) is 11.2 Å². The molecular weight excluding hydrogens is 242 g/mol. The summed E-state index contributed by atoms with van der Waals surface area (Å²) in [6.07, 6.45) is -0.0772. The summed E-state index contributed by atoms with van der Waals surface area (Å²) < 4.78 is 0. The van der Waals surface area contributed by atoms with Crippen molar-refractivity contribution < 1.29 is 9.90 Å². The van der Waals surface area contributed by atoms with E-state index < -0.39 is 6.10 Å². The van der Waals surface area contributed by atoms with Crippen LogP contribution in [0.15, 0.2) is 30.3 Å². The number of amides is 1. The molecule has 0 fully saturated rings. The number of carbonyl (C=O) groups excluding carboxylic acids is 1. The molecule has 0 saturated carbocycles. The Morgan fingerprint density at radius 2 is 2.05 bits per heavy atom. The van der Waals surface area contributed by atoms with Gasteiger partial charge in [-0.05, 0) is 12.0 Å². The number of carbonyl (C=O) groups is 1. The maximum atomic E-state index is 11.0. The Balaban J connectivity index is 2.47. The Kier molecular flexibility index (Phi) is 6.49. The van der Waals surface area contributed by atoms with Gasteiger partial charge in [-0.3, -0.25) is 10.2 Å². The molecule has 0 aliphatic carbocycles. The summed E-state index contributed by atoms with van der Waals surface area (Å²) in [6.45, 7) is 4.29. The highest BCUT2D eigenvalue weighted by Gasteiger charge is 2.18. The number of rotatable bonds is 7. The number of hydrogen-bond acceptors (Lipinski definition) is 4. The van der Waals surface area contributed by atoms with Crippen molar-refractivity contribution >= 4 is 5.91 Å². The molecule has 2 atom stereocenters. The van der Waals surface area contributed by atoms with Gasteiger partial charge in [0.1, 0.15) is 0 Å². The smallest absolute Gasteiger partial charge is 0.231 e. The molecule has 0 saturated heterocycles. The minimum Gasteiger partial charge on any atom is -0.390 e. The molecule has 1 amide bonds. The van der Waals surface area contributed by atoms with E-state index in [0.29, 0.717) is 19.5 Å². The van der Waals surface area contributed by atoms with E-state index in [9.17, 15) is 9.90 Å². The number of hydrogen-bond donors (Lipinski definition) is 3. The van der Waals surface area contributed by atoms with Crippen LogP contribution in [0.25, 0.3) is 0 Å². The van der Waals surface area contributed by atoms with Gasteiger partial charge in [0.25, 0.3) is 0 Å². The molecular formula is C14H23N3O2. The van der Waals surface area contributed by atoms with Crippen LogP contribution >= 0.6 is 0 Å². The summed E-state index contributed by atoms with van der Waals surface area (Å²) in [6, 6.07) is 9.45. The van der Waals surface area contributed by atoms with Crippen molar-refractivity contribution in [3.8, 4) is 0 Å². The number of nitrogens with two attached hydrogens (primary N) is 1. The quantitative estimate of drug-likeness (QED) is 0.619. The zero-order chi connectivity index (χ0) is 14.3. The molecule has 5 nitrogen and oxygen atoms in total. The molecule has 0 heterocycles. The summed E-state index contributed by atoms with van der Waals surface area (Å²) in [5.41, 5.74) is 9.75. The Bertz CT molecular complexity index is 384. The zero-order valence-corrected chi connectivity index (χ0v) is 11.5. The average molecular weight is 265 g/mol. The van der Waals surface area contributed by atoms with Crippen LogP contribution in [-0.4, -0.2) is 41.3 Å². The first-order valence-electron chi connectivity index (χ1n) is 6.52. The standard InChI is InChI=1S/C14H23N3O2/c1-3-17(16-11(2)18)10-14(19)13(15)9-12-7-5-4-6-8-12/h4-8,13-14,19H,3,9-10,15H2,1-2H3,(H,16,18). The van der Waals surface area contributed by atoms with Crippen molar-refractivity contribution in [3.05, 3.63) is 35.9 Å². The Morgan fingerprint density at radius 3 is 2.58 bits per heavy atom. The fourth-order valence-electron chi connectivity index (χ4n) is 1.86. The molecule has 0 aliphatic heterocycles. The lowest BCUT2D eigenvalue weighted by Crippen LogP contribution is -2.50. The van der Waals surface area contributed by atoms with Gasteiger partial charge < -0.3 is 10.8 Å². The van der Waals surface area contributed by atoms with E-state index in [0.717, 1.165) is 5.56 Å². The second kappa shape index (κ2) is 7.89. The lowest BCUT2D eigenvalue weighted by Gasteiger charge is -2.26. The summed E-state index contributed by atoms with van der Waals surface area (Å²) >= 11 is 0. The van der Waals surface area contributed by atoms with Crippen molar-refractivity contribution in [1.82, 2.24) is 10.4 Å². The number of nitrogens with one attached hydrogen (secondary N) is 1. The summed E-state index contributed by atoms with van der Waals surface area (Å²) in [7, 11) is 0. The predicted octanol–water partition coefficient (Wildman–Crippen LogP) is 0.290. The molecule has 0 radical (unpaired) electrons. The van der Waals surface area contributed by atoms with Gasteiger partial charge in [-0.25, -0.2) is 5.01 Å². The van der Waals surface area contributed by atoms with E-state index in [2.05, 4.69) is 5.43 Å². The summed E-state index contributed by atoms with van der Waals surface area (Å²) in [4.78, 5) is 11.0. The SMILES string of the molecule is CCN(CC(O)C(N)Cc1ccccc1)NC(C)=O. The first-order chi connectivity index (χ1) is 9.02. The van der Waals surface area contributed by atoms with E-state index >= 15 is 0 Å². The van der Waals surface area contributed by atoms with E-state index in [1.165, 1.54) is 6.92 Å². The van der Waals surface area contributed by atoms with Crippen molar-refractivity contribution in [3.63, 3.8) is 0 Å². The van der Waals surface area contributed by atoms with E-state index in [1.54, 1.807) is 5.01 Å². The van der Waals surface area contributed by atoms with Crippen LogP contribution < -0.4 is 11.2 Å². The van der Waals surface area contributed by atoms with E-state index in [1.807, 2.05) is 37.3 Å². The second-order valence-corrected chi connectivity index (χ2v) is 4.63. The van der Waals surface area contributed by atoms with E-state index in [4.69, 9.17) is 5.73 Å². The molecule has 4 N–H and O–H groups in total. The number of aliphatic hydroxyl groups is 1. The molecule has 0 bridgehead atoms. The highest BCUT2D eigenvalue weighted by atomic mass is 16.3. The van der Waals surface area contributed by atoms with Crippen LogP contribution in [0.3, 0.4) is 0 Å². The minimum atomic E-state index is -0.688. The zero-order valence-electron chi connectivity index (χ0n) is 11.5. The molecule has 0 aromatic heterocycles. The molecule has 106 valence electrons. The van der Waals surface area contributed by atoms with Crippen LogP contribution in [0.2, 0.25) is 0 Å². The van der Waals surface area contributed by atoms with Crippen LogP contribution in [0, 0.1) is 0 Å². The summed E-state index contributed by atoms with van der Waals surface area (Å²) in [5.74, 6) is -0.148. The second-order valence-electron chi connectivity index (χ2n) is 4.63. The van der Waals surface area contributed by atoms with Gasteiger partial charge in [0.2, 0.25) is 5.91 Å². The maximum absolute atomic E-state index is 11.0. The molecule has 1 rings (SSSR count). The summed E-state index contributed by atoms with van der Waals surface area (Å²) in [5, 5.41) is 11.7. The van der Waals surface area contributed by atoms with Crippen LogP contribution in [0.5, 0.6) is 0 Å². The number of aliphatic hydroxyl groups excluding tert-OH is 1. The highest BCUT2D eigenvalue weighted by molar-refractivity contribution is 5.72. The monoisotopic (exact) mass is 265 g/mol. The number of likely N-dealkylation sites (N-methyl/N-ethyl adjacent to an activating group) is 1. The van der Waals surface area contributed by atoms with Crippen molar-refractivity contribution in [2.45, 2.75) is 32.4 Å². The van der Waals surface area contributed by atoms with Gasteiger partial charge in [0.05, 0.1) is 6.10 Å². The molecule has 0 aliphatic rings. The van der Waals surface area contributed by atoms with Crippen molar-refractivity contribution in [1.29, 1.82) is 0 Å². The normalized spacial score (nSPS) is 14.2. The van der Waals surface area contributed by atoms with Gasteiger partial charge in [0, 0.05) is 26.1 Å². The third-order valence-corrected chi connectivity index (χ3v) is 2.91. The Hall–Kier alpha value is -1.43. The number of nitrogens with zero attached hydrogens (tertiary/aromatic N) is 1. The van der Waals surface area contributed by atoms with Gasteiger partial charge in [-0.15, -0.1) is 0 Å². The lowest BCUT2D eigenvalue weighted by molar-refractivity contribution is -0.124. The van der Waals surface area contributed by atoms with E-state index in [-0.39, 0.29) is 11.9 Å². The predicted molar refractivity (Wildman–Crippen MR) is 75.2 cm³/mol. The molecule has 19 heavy (non-hydrogen) atoms. The highest BCUT2D eigenvalue weighted by Crippen LogP contribution is 2.05. The van der Waals surface area contributed by atoms with Gasteiger partial charge in [0.15, 0.2) is 0 Å². The number of benzene rings is 1. The maximum Gasteiger partial charge on any atom is 0.231 e. The van der Waals surface area contributed by atoms with Crippen molar-refractivity contribution in [2.24, 2.45) is 5.73 Å². The average Bonchev–Trinajstić information content (AvgIpc) is 2.38. The van der Waals surface area contributed by atoms with Gasteiger partial charge >= 0.3 is 0 Å². The topological polar surface area (TPSA) is 78.6 Å². The van der Waals surface area contributed by atoms with Gasteiger partial charge in [-0.2, -0.15) is 0 Å². The molecule has 0 spiro atoms. The van der Waals surface area contributed by atoms with Crippen molar-refractivity contribution in [2.75, 3.05) is 13.1 Å². The first kappa shape index (κ1) is 15.6. The first-order valence-corrected chi connectivity index (χ1v) is 6.52. The van der Waals surface area contributed by atoms with Crippen LogP contribution in [0.1, 0.15) is 19.4 Å². The lowest BCUT2D eigenvalue weighted by atomic mass is 10.0. The Morgan fingerprint density at radius 1 is 1.42 bits per heavy atom. The van der Waals surface area contributed by atoms with Crippen LogP contribution in [0.4, 0.5) is 0 Å². The molecule has 1 aromatic rings. The molecule has 5 heteroatoms. The fraction of sp³-hybridized carbons (Fsp3) is 0.500. The van der Waals surface area contributed by atoms with Gasteiger partial charge in [-0.1, -0.05) is 37.3 Å². The largest absolute Gasteiger partial charge is 0.390 e. The minimum absolute atomic E-state index is 0.148. The molecule has 2 unspecified atom stereocenters. The third kappa shape index (κ3) is 5.83. The number of hydrazine groups is 1. The molecule has 1 aromatic carbocycles. The fourth-order valence-corrected chi connectivity index (χ4v) is 1.86.